The monoisotopic (exact) mass is 657 g/mol. The fourth-order valence-corrected chi connectivity index (χ4v) is 4.74. The Balaban J connectivity index is 0.000000251. The Labute approximate surface area is 268 Å². The summed E-state index contributed by atoms with van der Waals surface area (Å²) < 4.78 is 14.3. The summed E-state index contributed by atoms with van der Waals surface area (Å²) >= 11 is 5.18. The summed E-state index contributed by atoms with van der Waals surface area (Å²) in [4.78, 5) is 27.7. The molecule has 7 heterocycles. The summed E-state index contributed by atoms with van der Waals surface area (Å²) in [6, 6.07) is 0. The number of aliphatic imine (C=N–C) groups is 2. The van der Waals surface area contributed by atoms with Crippen LogP contribution in [0.15, 0.2) is 40.2 Å². The van der Waals surface area contributed by atoms with Crippen molar-refractivity contribution in [2.24, 2.45) is 36.1 Å². The Morgan fingerprint density at radius 3 is 1.95 bits per heavy atom. The Hall–Kier alpha value is -2.59. The van der Waals surface area contributed by atoms with E-state index in [4.69, 9.17) is 9.57 Å². The standard InChI is InChI=1S/3C4H7NO.3C4H7NS.C3H5N3O/c1-4-5-2-3-6-4;1-4-2-3-6-5-4;1-4-2-3-5-6-4;1-4-5-2-3-6-4;1-4-2-3-6-5-4;1-4-2-3-5-6-4;1-6-2-4-5-3(6)7/h2*2-3H2,1H3;3-4H,2H2,1H3;2*2-3H2,1H3;3-4H,2H2,1H3;2H,1H3,(H,5,7). The minimum Gasteiger partial charge on any atom is -0.479 e. The highest BCUT2D eigenvalue weighted by Crippen LogP contribution is 2.19. The van der Waals surface area contributed by atoms with Gasteiger partial charge in [0.05, 0.1) is 17.3 Å². The smallest absolute Gasteiger partial charge is 0.342 e. The predicted octanol–water partition coefficient (Wildman–Crippen LogP) is 5.26. The number of aromatic amines is 1. The lowest BCUT2D eigenvalue weighted by atomic mass is 10.3. The van der Waals surface area contributed by atoms with E-state index < -0.39 is 0 Å². The second-order valence-electron chi connectivity index (χ2n) is 9.47. The normalized spacial score (nSPS) is 21.7. The maximum Gasteiger partial charge on any atom is 0.342 e. The van der Waals surface area contributed by atoms with E-state index in [0.29, 0.717) is 6.10 Å². The lowest BCUT2D eigenvalue weighted by molar-refractivity contribution is 0.0996. The van der Waals surface area contributed by atoms with Gasteiger partial charge in [-0.3, -0.25) is 14.6 Å². The van der Waals surface area contributed by atoms with Crippen molar-refractivity contribution in [3.63, 3.8) is 0 Å². The van der Waals surface area contributed by atoms with Gasteiger partial charge in [-0.1, -0.05) is 17.2 Å². The average molecular weight is 658 g/mol. The lowest BCUT2D eigenvalue weighted by Gasteiger charge is -1.93. The maximum atomic E-state index is 10.3. The number of H-pyrrole nitrogens is 1. The number of oxime groups is 2. The Morgan fingerprint density at radius 1 is 0.977 bits per heavy atom. The van der Waals surface area contributed by atoms with Gasteiger partial charge in [0.1, 0.15) is 25.6 Å². The van der Waals surface area contributed by atoms with Crippen molar-refractivity contribution in [2.75, 3.05) is 37.8 Å². The molecule has 2 atom stereocenters. The van der Waals surface area contributed by atoms with Crippen LogP contribution in [0.4, 0.5) is 0 Å². The highest BCUT2D eigenvalue weighted by atomic mass is 32.2. The molecule has 43 heavy (non-hydrogen) atoms. The lowest BCUT2D eigenvalue weighted by Crippen LogP contribution is -2.11. The number of nitrogens with zero attached hydrogens (tertiary/aromatic N) is 8. The number of aromatic nitrogens is 3. The molecule has 242 valence electrons. The number of ether oxygens (including phenoxy) is 1. The first-order valence-electron chi connectivity index (χ1n) is 14.2. The zero-order valence-electron chi connectivity index (χ0n) is 26.4. The van der Waals surface area contributed by atoms with Crippen molar-refractivity contribution in [1.29, 1.82) is 0 Å². The van der Waals surface area contributed by atoms with E-state index in [1.54, 1.807) is 37.2 Å². The number of hydrogen-bond donors (Lipinski definition) is 1. The van der Waals surface area contributed by atoms with Crippen LogP contribution in [0, 0.1) is 0 Å². The maximum absolute atomic E-state index is 10.3. The third-order valence-electron chi connectivity index (χ3n) is 5.24. The van der Waals surface area contributed by atoms with Crippen LogP contribution in [0.25, 0.3) is 0 Å². The molecular formula is C27H47N9O4S3. The van der Waals surface area contributed by atoms with E-state index in [2.05, 4.69) is 64.9 Å². The third kappa shape index (κ3) is 22.6. The largest absolute Gasteiger partial charge is 0.479 e. The SMILES string of the molecule is CC1=NCCO1.CC1=NCCS1.CC1=NOCC1.CC1=NSCC1.CC1CC=NO1.CC1CC=NS1.Cn1cn[nH]c1=O. The van der Waals surface area contributed by atoms with Crippen molar-refractivity contribution in [1.82, 2.24) is 14.8 Å². The van der Waals surface area contributed by atoms with Crippen molar-refractivity contribution >= 4 is 70.5 Å². The number of rotatable bonds is 0. The fraction of sp³-hybridized carbons (Fsp3) is 0.704. The van der Waals surface area contributed by atoms with Crippen LogP contribution < -0.4 is 5.69 Å². The fourth-order valence-electron chi connectivity index (χ4n) is 2.74. The van der Waals surface area contributed by atoms with E-state index in [1.165, 1.54) is 39.6 Å². The number of thioether (sulfide) groups is 1. The van der Waals surface area contributed by atoms with E-state index in [-0.39, 0.29) is 5.69 Å². The van der Waals surface area contributed by atoms with Crippen LogP contribution in [0.1, 0.15) is 67.2 Å². The summed E-state index contributed by atoms with van der Waals surface area (Å²) in [6.07, 6.45) is 9.84. The van der Waals surface area contributed by atoms with Gasteiger partial charge in [0.15, 0.2) is 5.90 Å². The van der Waals surface area contributed by atoms with Crippen LogP contribution >= 0.6 is 35.7 Å². The number of hydrogen-bond acceptors (Lipinski definition) is 14. The molecule has 0 amide bonds. The minimum atomic E-state index is -0.181. The van der Waals surface area contributed by atoms with Crippen molar-refractivity contribution in [3.05, 3.63) is 16.8 Å². The molecule has 0 bridgehead atoms. The average Bonchev–Trinajstić information content (AvgIpc) is 3.81. The van der Waals surface area contributed by atoms with Gasteiger partial charge in [-0.15, -0.1) is 11.8 Å². The molecule has 0 saturated carbocycles. The molecule has 0 fully saturated rings. The van der Waals surface area contributed by atoms with Gasteiger partial charge < -0.3 is 14.4 Å². The van der Waals surface area contributed by atoms with Gasteiger partial charge in [-0.05, 0) is 64.4 Å². The second-order valence-corrected chi connectivity index (χ2v) is 12.8. The molecule has 7 rings (SSSR count). The molecule has 0 saturated heterocycles. The van der Waals surface area contributed by atoms with E-state index in [1.807, 2.05) is 38.7 Å². The highest BCUT2D eigenvalue weighted by molar-refractivity contribution is 8.14. The molecule has 0 spiro atoms. The quantitative estimate of drug-likeness (QED) is 0.371. The predicted molar refractivity (Wildman–Crippen MR) is 186 cm³/mol. The van der Waals surface area contributed by atoms with E-state index in [9.17, 15) is 4.79 Å². The molecule has 16 heteroatoms. The molecule has 0 aliphatic carbocycles. The first-order chi connectivity index (χ1) is 20.7. The molecule has 1 aromatic rings. The van der Waals surface area contributed by atoms with Gasteiger partial charge >= 0.3 is 5.69 Å². The summed E-state index contributed by atoms with van der Waals surface area (Å²) in [5.74, 6) is 3.23. The van der Waals surface area contributed by atoms with E-state index in [0.717, 1.165) is 62.4 Å². The first-order valence-corrected chi connectivity index (χ1v) is 16.9. The van der Waals surface area contributed by atoms with Crippen molar-refractivity contribution < 1.29 is 14.4 Å². The Bertz CT molecular complexity index is 1010. The van der Waals surface area contributed by atoms with Gasteiger partial charge in [-0.25, -0.2) is 18.7 Å². The van der Waals surface area contributed by atoms with Crippen molar-refractivity contribution in [2.45, 2.75) is 78.6 Å². The van der Waals surface area contributed by atoms with Crippen LogP contribution in [0.2, 0.25) is 0 Å². The molecular weight excluding hydrogens is 611 g/mol. The van der Waals surface area contributed by atoms with Gasteiger partial charge in [0, 0.05) is 68.3 Å². The number of nitrogens with one attached hydrogen (secondary N) is 1. The molecule has 6 aliphatic heterocycles. The summed E-state index contributed by atoms with van der Waals surface area (Å²) in [7, 11) is 1.63. The summed E-state index contributed by atoms with van der Waals surface area (Å²) in [5.41, 5.74) is 2.22. The zero-order chi connectivity index (χ0) is 31.7. The van der Waals surface area contributed by atoms with Gasteiger partial charge in [-0.2, -0.15) is 5.10 Å². The van der Waals surface area contributed by atoms with Crippen LogP contribution in [-0.4, -0.2) is 98.7 Å². The van der Waals surface area contributed by atoms with Crippen molar-refractivity contribution in [3.8, 4) is 0 Å². The third-order valence-corrected chi connectivity index (χ3v) is 7.83. The molecule has 0 radical (unpaired) electrons. The highest BCUT2D eigenvalue weighted by Gasteiger charge is 2.03. The molecule has 13 nitrogen and oxygen atoms in total. The Morgan fingerprint density at radius 2 is 1.79 bits per heavy atom. The number of aryl methyl sites for hydroxylation is 1. The molecule has 1 aromatic heterocycles. The zero-order valence-corrected chi connectivity index (χ0v) is 28.8. The summed E-state index contributed by atoms with van der Waals surface area (Å²) in [6.45, 7) is 15.6. The van der Waals surface area contributed by atoms with Crippen LogP contribution in [0.3, 0.4) is 0 Å². The van der Waals surface area contributed by atoms with Gasteiger partial charge in [0.2, 0.25) is 0 Å². The van der Waals surface area contributed by atoms with Crippen LogP contribution in [0.5, 0.6) is 0 Å². The van der Waals surface area contributed by atoms with Gasteiger partial charge in [0.25, 0.3) is 0 Å². The molecule has 0 aromatic carbocycles. The molecule has 6 aliphatic rings. The molecule has 2 unspecified atom stereocenters. The topological polar surface area (TPSA) is 153 Å². The molecule has 1 N–H and O–H groups in total. The Kier molecular flexibility index (Phi) is 22.2. The van der Waals surface area contributed by atoms with E-state index >= 15 is 0 Å². The second kappa shape index (κ2) is 24.8. The minimum absolute atomic E-state index is 0.181. The van der Waals surface area contributed by atoms with Crippen LogP contribution in [-0.2, 0) is 21.5 Å². The first kappa shape index (κ1) is 38.4. The summed E-state index contributed by atoms with van der Waals surface area (Å²) in [5, 5.41) is 14.9.